The Bertz CT molecular complexity index is 618. The molecule has 0 spiro atoms. The predicted molar refractivity (Wildman–Crippen MR) is 135 cm³/mol. The maximum Gasteiger partial charge on any atom is 0.326 e. The van der Waals surface area contributed by atoms with Gasteiger partial charge in [0, 0.05) is 6.42 Å². The van der Waals surface area contributed by atoms with Crippen molar-refractivity contribution in [1.82, 2.24) is 5.32 Å². The number of unbranched alkanes of at least 4 members (excludes halogenated alkanes) is 3. The molecule has 0 saturated carbocycles. The van der Waals surface area contributed by atoms with E-state index in [9.17, 15) is 9.59 Å². The van der Waals surface area contributed by atoms with Crippen LogP contribution in [-0.2, 0) is 9.59 Å². The molecule has 4 N–H and O–H groups in total. The first kappa shape index (κ1) is 29.6. The number of hydrogen-bond acceptors (Lipinski definition) is 3. The molecular weight excluding hydrogens is 400 g/mol. The standard InChI is InChI=1S/C27H44N2O3/c1-2-3-4-5-6-7-8-9-10-11-12-13-14-15-16-17-18-19-20-23-26(30)29-25(27(31)32)22-21-24-28/h3-4,6-7,9-10,12-13,15-16,25H,2,5,8,11,14,17-24,28H2,1H3,(H,29,30)(H,31,32)/b4-3-,7-6-,10-9-,13-12-,16-15-/t25-/m0/s1. The fourth-order valence-corrected chi connectivity index (χ4v) is 2.94. The van der Waals surface area contributed by atoms with Crippen molar-refractivity contribution >= 4 is 11.9 Å². The first-order valence-corrected chi connectivity index (χ1v) is 12.1. The molecule has 0 aliphatic carbocycles. The van der Waals surface area contributed by atoms with E-state index >= 15 is 0 Å². The van der Waals surface area contributed by atoms with Gasteiger partial charge >= 0.3 is 5.97 Å². The summed E-state index contributed by atoms with van der Waals surface area (Å²) in [5.41, 5.74) is 5.40. The summed E-state index contributed by atoms with van der Waals surface area (Å²) in [6.45, 7) is 2.57. The third-order valence-electron chi connectivity index (χ3n) is 4.76. The highest BCUT2D eigenvalue weighted by molar-refractivity contribution is 5.83. The summed E-state index contributed by atoms with van der Waals surface area (Å²) in [6.07, 6.45) is 32.0. The van der Waals surface area contributed by atoms with Gasteiger partial charge in [0.25, 0.3) is 0 Å². The number of carbonyl (C=O) groups is 2. The number of nitrogens with one attached hydrogen (secondary N) is 1. The second kappa shape index (κ2) is 23.3. The fraction of sp³-hybridized carbons (Fsp3) is 0.556. The summed E-state index contributed by atoms with van der Waals surface area (Å²) >= 11 is 0. The van der Waals surface area contributed by atoms with Crippen molar-refractivity contribution in [3.05, 3.63) is 60.8 Å². The monoisotopic (exact) mass is 444 g/mol. The highest BCUT2D eigenvalue weighted by Gasteiger charge is 2.18. The van der Waals surface area contributed by atoms with Gasteiger partial charge < -0.3 is 16.2 Å². The van der Waals surface area contributed by atoms with Crippen molar-refractivity contribution in [3.63, 3.8) is 0 Å². The van der Waals surface area contributed by atoms with Crippen LogP contribution >= 0.6 is 0 Å². The zero-order valence-corrected chi connectivity index (χ0v) is 19.9. The summed E-state index contributed by atoms with van der Waals surface area (Å²) in [5, 5.41) is 11.7. The number of nitrogens with two attached hydrogens (primary N) is 1. The number of allylic oxidation sites excluding steroid dienone is 10. The number of carbonyl (C=O) groups excluding carboxylic acids is 1. The van der Waals surface area contributed by atoms with Crippen molar-refractivity contribution in [2.24, 2.45) is 5.73 Å². The quantitative estimate of drug-likeness (QED) is 0.159. The molecule has 0 aromatic rings. The molecule has 0 aromatic carbocycles. The Labute approximate surface area is 195 Å². The number of hydrogen-bond donors (Lipinski definition) is 3. The summed E-state index contributed by atoms with van der Waals surface area (Å²) < 4.78 is 0. The number of carboxylic acid groups (broad SMARTS) is 1. The Morgan fingerprint density at radius 3 is 1.81 bits per heavy atom. The van der Waals surface area contributed by atoms with Gasteiger partial charge in [0.1, 0.15) is 6.04 Å². The summed E-state index contributed by atoms with van der Waals surface area (Å²) in [6, 6.07) is -0.827. The van der Waals surface area contributed by atoms with E-state index in [1.807, 2.05) is 0 Å². The minimum absolute atomic E-state index is 0.190. The van der Waals surface area contributed by atoms with Crippen LogP contribution < -0.4 is 11.1 Å². The summed E-state index contributed by atoms with van der Waals surface area (Å²) in [7, 11) is 0. The average molecular weight is 445 g/mol. The molecule has 180 valence electrons. The van der Waals surface area contributed by atoms with E-state index in [-0.39, 0.29) is 5.91 Å². The van der Waals surface area contributed by atoms with Crippen molar-refractivity contribution in [2.45, 2.75) is 90.0 Å². The van der Waals surface area contributed by atoms with Crippen molar-refractivity contribution in [3.8, 4) is 0 Å². The zero-order valence-electron chi connectivity index (χ0n) is 19.9. The van der Waals surface area contributed by atoms with Crippen LogP contribution in [0.25, 0.3) is 0 Å². The van der Waals surface area contributed by atoms with Gasteiger partial charge in [-0.1, -0.05) is 74.1 Å². The third kappa shape index (κ3) is 20.9. The molecule has 0 bridgehead atoms. The van der Waals surface area contributed by atoms with E-state index in [4.69, 9.17) is 10.8 Å². The fourth-order valence-electron chi connectivity index (χ4n) is 2.94. The zero-order chi connectivity index (χ0) is 23.7. The van der Waals surface area contributed by atoms with Crippen LogP contribution in [0.1, 0.15) is 84.0 Å². The molecule has 5 nitrogen and oxygen atoms in total. The van der Waals surface area contributed by atoms with Gasteiger partial charge in [0.2, 0.25) is 5.91 Å². The molecule has 1 atom stereocenters. The molecule has 0 radical (unpaired) electrons. The van der Waals surface area contributed by atoms with Crippen molar-refractivity contribution in [2.75, 3.05) is 6.54 Å². The molecule has 1 amide bonds. The van der Waals surface area contributed by atoms with E-state index in [1.54, 1.807) is 0 Å². The maximum absolute atomic E-state index is 11.9. The number of aliphatic carboxylic acids is 1. The van der Waals surface area contributed by atoms with Crippen molar-refractivity contribution in [1.29, 1.82) is 0 Å². The Balaban J connectivity index is 3.65. The summed E-state index contributed by atoms with van der Waals surface area (Å²) in [5.74, 6) is -1.19. The van der Waals surface area contributed by atoms with Crippen LogP contribution in [0, 0.1) is 0 Å². The highest BCUT2D eigenvalue weighted by atomic mass is 16.4. The molecule has 0 saturated heterocycles. The van der Waals surface area contributed by atoms with Gasteiger partial charge in [-0.3, -0.25) is 4.79 Å². The van der Waals surface area contributed by atoms with Gasteiger partial charge in [-0.05, 0) is 70.8 Å². The van der Waals surface area contributed by atoms with Crippen LogP contribution in [0.15, 0.2) is 60.8 Å². The van der Waals surface area contributed by atoms with E-state index in [0.29, 0.717) is 25.8 Å². The van der Waals surface area contributed by atoms with Crippen LogP contribution in [0.4, 0.5) is 0 Å². The first-order valence-electron chi connectivity index (χ1n) is 12.1. The average Bonchev–Trinajstić information content (AvgIpc) is 2.78. The lowest BCUT2D eigenvalue weighted by Gasteiger charge is -2.13. The predicted octanol–water partition coefficient (Wildman–Crippen LogP) is 6.00. The van der Waals surface area contributed by atoms with Gasteiger partial charge in [0.15, 0.2) is 0 Å². The van der Waals surface area contributed by atoms with Gasteiger partial charge in [-0.15, -0.1) is 0 Å². The lowest BCUT2D eigenvalue weighted by atomic mass is 10.1. The van der Waals surface area contributed by atoms with Crippen LogP contribution in [-0.4, -0.2) is 29.6 Å². The third-order valence-corrected chi connectivity index (χ3v) is 4.76. The van der Waals surface area contributed by atoms with Crippen LogP contribution in [0.5, 0.6) is 0 Å². The Morgan fingerprint density at radius 2 is 1.31 bits per heavy atom. The second-order valence-corrected chi connectivity index (χ2v) is 7.70. The van der Waals surface area contributed by atoms with Gasteiger partial charge in [0.05, 0.1) is 0 Å². The molecular formula is C27H44N2O3. The number of rotatable bonds is 20. The molecule has 0 aromatic heterocycles. The normalized spacial score (nSPS) is 13.3. The molecule has 0 aliphatic rings. The van der Waals surface area contributed by atoms with Crippen molar-refractivity contribution < 1.29 is 14.7 Å². The lowest BCUT2D eigenvalue weighted by molar-refractivity contribution is -0.142. The first-order chi connectivity index (χ1) is 15.6. The molecule has 0 rings (SSSR count). The smallest absolute Gasteiger partial charge is 0.326 e. The molecule has 0 unspecified atom stereocenters. The SMILES string of the molecule is CC/C=C\C/C=C\C/C=C\C/C=C\C/C=C\CCCCCC(=O)N[C@@H](CCCN)C(=O)O. The molecule has 0 fully saturated rings. The van der Waals surface area contributed by atoms with Crippen LogP contribution in [0.2, 0.25) is 0 Å². The molecule has 5 heteroatoms. The number of carboxylic acids is 1. The van der Waals surface area contributed by atoms with Gasteiger partial charge in [-0.2, -0.15) is 0 Å². The Hall–Kier alpha value is -2.40. The minimum Gasteiger partial charge on any atom is -0.480 e. The van der Waals surface area contributed by atoms with E-state index < -0.39 is 12.0 Å². The van der Waals surface area contributed by atoms with Crippen LogP contribution in [0.3, 0.4) is 0 Å². The summed E-state index contributed by atoms with van der Waals surface area (Å²) in [4.78, 5) is 23.0. The lowest BCUT2D eigenvalue weighted by Crippen LogP contribution is -2.40. The maximum atomic E-state index is 11.9. The van der Waals surface area contributed by atoms with E-state index in [2.05, 4.69) is 73.0 Å². The molecule has 0 aliphatic heterocycles. The van der Waals surface area contributed by atoms with Gasteiger partial charge in [-0.25, -0.2) is 4.79 Å². The largest absolute Gasteiger partial charge is 0.480 e. The minimum atomic E-state index is -0.995. The Kier molecular flexibility index (Phi) is 21.5. The van der Waals surface area contributed by atoms with E-state index in [1.165, 1.54) is 0 Å². The number of amides is 1. The van der Waals surface area contributed by atoms with E-state index in [0.717, 1.165) is 57.8 Å². The highest BCUT2D eigenvalue weighted by Crippen LogP contribution is 2.06. The molecule has 0 heterocycles. The Morgan fingerprint density at radius 1 is 0.781 bits per heavy atom. The molecule has 32 heavy (non-hydrogen) atoms. The topological polar surface area (TPSA) is 92.4 Å². The second-order valence-electron chi connectivity index (χ2n) is 7.70.